The Morgan fingerprint density at radius 2 is 1.73 bits per heavy atom. The summed E-state index contributed by atoms with van der Waals surface area (Å²) in [5.74, 6) is 2.03. The summed E-state index contributed by atoms with van der Waals surface area (Å²) in [5.41, 5.74) is 8.30. The van der Waals surface area contributed by atoms with Crippen molar-refractivity contribution in [2.75, 3.05) is 0 Å². The molecule has 0 amide bonds. The van der Waals surface area contributed by atoms with Crippen LogP contribution in [-0.4, -0.2) is 5.25 Å². The molecule has 204 valence electrons. The summed E-state index contributed by atoms with van der Waals surface area (Å²) >= 11 is 6.46. The van der Waals surface area contributed by atoms with Crippen molar-refractivity contribution in [1.82, 2.24) is 0 Å². The van der Waals surface area contributed by atoms with Gasteiger partial charge in [-0.1, -0.05) is 110 Å². The van der Waals surface area contributed by atoms with E-state index in [4.69, 9.17) is 12.6 Å². The van der Waals surface area contributed by atoms with Gasteiger partial charge in [-0.15, -0.1) is 18.3 Å². The van der Waals surface area contributed by atoms with E-state index in [1.165, 1.54) is 34.2 Å². The van der Waals surface area contributed by atoms with Gasteiger partial charge in [-0.3, -0.25) is 0 Å². The highest BCUT2D eigenvalue weighted by Gasteiger charge is 2.18. The van der Waals surface area contributed by atoms with Gasteiger partial charge >= 0.3 is 0 Å². The van der Waals surface area contributed by atoms with E-state index in [1.54, 1.807) is 11.8 Å². The van der Waals surface area contributed by atoms with Crippen LogP contribution in [0.25, 0.3) is 0 Å². The molecular weight excluding hydrogens is 485 g/mol. The maximum absolute atomic E-state index is 4.70. The summed E-state index contributed by atoms with van der Waals surface area (Å²) in [6, 6.07) is 15.7. The van der Waals surface area contributed by atoms with E-state index in [-0.39, 0.29) is 5.41 Å². The number of allylic oxidation sites excluding steroid dienone is 2. The summed E-state index contributed by atoms with van der Waals surface area (Å²) in [6.07, 6.45) is 6.75. The number of thioether (sulfide) groups is 1. The molecule has 2 heteroatoms. The minimum Gasteiger partial charge on any atom is -0.176 e. The molecule has 0 nitrogen and oxygen atoms in total. The first kappa shape index (κ1) is 33.4. The number of rotatable bonds is 12. The lowest BCUT2D eigenvalue weighted by Crippen LogP contribution is -2.14. The third-order valence-electron chi connectivity index (χ3n) is 6.95. The molecule has 3 unspecified atom stereocenters. The van der Waals surface area contributed by atoms with Crippen molar-refractivity contribution >= 4 is 24.4 Å². The minimum atomic E-state index is 0.214. The Bertz CT molecular complexity index is 1010. The molecule has 2 rings (SSSR count). The van der Waals surface area contributed by atoms with Crippen LogP contribution in [-0.2, 0) is 17.6 Å². The molecule has 0 aliphatic rings. The van der Waals surface area contributed by atoms with Gasteiger partial charge in [-0.25, -0.2) is 0 Å². The molecule has 2 aromatic carbocycles. The second-order valence-corrected chi connectivity index (χ2v) is 13.1. The van der Waals surface area contributed by atoms with Gasteiger partial charge in [-0.05, 0) is 77.8 Å². The van der Waals surface area contributed by atoms with Crippen molar-refractivity contribution in [3.8, 4) is 0 Å². The van der Waals surface area contributed by atoms with Crippen molar-refractivity contribution in [3.05, 3.63) is 107 Å². The Balaban J connectivity index is 0.000000375. The fourth-order valence-corrected chi connectivity index (χ4v) is 5.15. The molecule has 0 saturated carbocycles. The predicted octanol–water partition coefficient (Wildman–Crippen LogP) is 11.3. The van der Waals surface area contributed by atoms with Crippen LogP contribution in [0.4, 0.5) is 0 Å². The number of aryl methyl sites for hydroxylation is 2. The zero-order valence-corrected chi connectivity index (χ0v) is 26.6. The molecule has 2 aromatic rings. The molecule has 0 heterocycles. The SMILES string of the molecule is C=C(C)C(=C)SCc1cccc(C(C)(C)C)c1.C=CC(CC(C)C(S)CC)c1cc(CCC)ccc1C. The molecule has 0 aliphatic carbocycles. The van der Waals surface area contributed by atoms with E-state index >= 15 is 0 Å². The van der Waals surface area contributed by atoms with E-state index in [2.05, 4.69) is 117 Å². The van der Waals surface area contributed by atoms with Crippen LogP contribution in [0.5, 0.6) is 0 Å². The van der Waals surface area contributed by atoms with Crippen molar-refractivity contribution in [1.29, 1.82) is 0 Å². The summed E-state index contributed by atoms with van der Waals surface area (Å²) in [7, 11) is 0. The second-order valence-electron chi connectivity index (χ2n) is 11.4. The molecule has 0 fully saturated rings. The molecule has 37 heavy (non-hydrogen) atoms. The van der Waals surface area contributed by atoms with Crippen molar-refractivity contribution in [2.45, 2.75) is 103 Å². The second kappa shape index (κ2) is 16.4. The van der Waals surface area contributed by atoms with E-state index in [0.29, 0.717) is 17.1 Å². The Morgan fingerprint density at radius 1 is 1.05 bits per heavy atom. The summed E-state index contributed by atoms with van der Waals surface area (Å²) in [5, 5.41) is 0.483. The molecule has 3 atom stereocenters. The highest BCUT2D eigenvalue weighted by molar-refractivity contribution is 8.02. The monoisotopic (exact) mass is 536 g/mol. The van der Waals surface area contributed by atoms with E-state index in [1.807, 2.05) is 6.92 Å². The lowest BCUT2D eigenvalue weighted by Gasteiger charge is -2.24. The van der Waals surface area contributed by atoms with Crippen LogP contribution in [0.1, 0.15) is 101 Å². The largest absolute Gasteiger partial charge is 0.176 e. The van der Waals surface area contributed by atoms with Crippen LogP contribution in [0.3, 0.4) is 0 Å². The van der Waals surface area contributed by atoms with Gasteiger partial charge in [0.1, 0.15) is 0 Å². The van der Waals surface area contributed by atoms with Crippen LogP contribution < -0.4 is 0 Å². The third-order valence-corrected chi connectivity index (χ3v) is 9.00. The normalized spacial score (nSPS) is 13.6. The van der Waals surface area contributed by atoms with Crippen LogP contribution >= 0.6 is 24.4 Å². The summed E-state index contributed by atoms with van der Waals surface area (Å²) in [6.45, 7) is 29.7. The lowest BCUT2D eigenvalue weighted by atomic mass is 9.84. The van der Waals surface area contributed by atoms with Crippen LogP contribution in [0.2, 0.25) is 0 Å². The molecule has 0 aromatic heterocycles. The molecule has 0 aliphatic heterocycles. The zero-order chi connectivity index (χ0) is 28.2. The van der Waals surface area contributed by atoms with Gasteiger partial charge in [0, 0.05) is 21.8 Å². The number of hydrogen-bond acceptors (Lipinski definition) is 2. The molecule has 0 N–H and O–H groups in total. The highest BCUT2D eigenvalue weighted by atomic mass is 32.2. The van der Waals surface area contributed by atoms with E-state index in [9.17, 15) is 0 Å². The quantitative estimate of drug-likeness (QED) is 0.160. The van der Waals surface area contributed by atoms with Crippen molar-refractivity contribution < 1.29 is 0 Å². The Labute approximate surface area is 239 Å². The van der Waals surface area contributed by atoms with Gasteiger partial charge < -0.3 is 0 Å². The fraction of sp³-hybridized carbons (Fsp3) is 0.486. The van der Waals surface area contributed by atoms with Gasteiger partial charge in [0.15, 0.2) is 0 Å². The Morgan fingerprint density at radius 3 is 2.27 bits per heavy atom. The maximum atomic E-state index is 4.70. The third kappa shape index (κ3) is 11.7. The topological polar surface area (TPSA) is 0 Å². The Kier molecular flexibility index (Phi) is 14.8. The number of benzene rings is 2. The minimum absolute atomic E-state index is 0.214. The van der Waals surface area contributed by atoms with Gasteiger partial charge in [0.25, 0.3) is 0 Å². The number of thiol groups is 1. The van der Waals surface area contributed by atoms with Gasteiger partial charge in [-0.2, -0.15) is 12.6 Å². The van der Waals surface area contributed by atoms with Crippen LogP contribution in [0.15, 0.2) is 78.8 Å². The van der Waals surface area contributed by atoms with Gasteiger partial charge in [0.05, 0.1) is 0 Å². The van der Waals surface area contributed by atoms with E-state index in [0.717, 1.165) is 35.5 Å². The first-order valence-electron chi connectivity index (χ1n) is 13.8. The molecule has 0 saturated heterocycles. The summed E-state index contributed by atoms with van der Waals surface area (Å²) in [4.78, 5) is 1.08. The summed E-state index contributed by atoms with van der Waals surface area (Å²) < 4.78 is 0. The lowest BCUT2D eigenvalue weighted by molar-refractivity contribution is 0.478. The predicted molar refractivity (Wildman–Crippen MR) is 175 cm³/mol. The average molecular weight is 537 g/mol. The number of hydrogen-bond donors (Lipinski definition) is 1. The molecule has 0 radical (unpaired) electrons. The zero-order valence-electron chi connectivity index (χ0n) is 24.9. The average Bonchev–Trinajstić information content (AvgIpc) is 2.86. The molecule has 0 spiro atoms. The van der Waals surface area contributed by atoms with E-state index < -0.39 is 0 Å². The smallest absolute Gasteiger partial charge is 0.0231 e. The van der Waals surface area contributed by atoms with Crippen molar-refractivity contribution in [3.63, 3.8) is 0 Å². The van der Waals surface area contributed by atoms with Crippen molar-refractivity contribution in [2.24, 2.45) is 5.92 Å². The first-order valence-corrected chi connectivity index (χ1v) is 15.3. The Hall–Kier alpha value is -1.64. The standard InChI is InChI=1S/C19H30S.C16H22S/c1-6-9-16-11-10-14(4)18(13-16)17(7-2)12-15(5)19(20)8-3;1-12(2)13(3)17-11-14-8-7-9-15(10-14)16(4,5)6/h7,10-11,13,15,17,19-20H,2,6,8-9,12H2,1,3-5H3;7-10H,1,3,11H2,2,4-6H3. The molecular formula is C35H52S2. The van der Waals surface area contributed by atoms with Crippen LogP contribution in [0, 0.1) is 12.8 Å². The molecule has 0 bridgehead atoms. The highest BCUT2D eigenvalue weighted by Crippen LogP contribution is 2.32. The fourth-order valence-electron chi connectivity index (χ4n) is 4.27. The maximum Gasteiger partial charge on any atom is 0.0231 e. The first-order chi connectivity index (χ1) is 17.3. The van der Waals surface area contributed by atoms with Gasteiger partial charge in [0.2, 0.25) is 0 Å².